The molecular weight excluding hydrogens is 353 g/mol. The van der Waals surface area contributed by atoms with Gasteiger partial charge < -0.3 is 10.6 Å². The number of hydrogen-bond acceptors (Lipinski definition) is 3. The van der Waals surface area contributed by atoms with Crippen molar-refractivity contribution in [1.29, 1.82) is 0 Å². The summed E-state index contributed by atoms with van der Waals surface area (Å²) < 4.78 is 38.1. The van der Waals surface area contributed by atoms with Crippen molar-refractivity contribution in [3.63, 3.8) is 0 Å². The zero-order valence-corrected chi connectivity index (χ0v) is 14.5. The molecule has 1 saturated heterocycles. The monoisotopic (exact) mass is 372 g/mol. The highest BCUT2D eigenvalue weighted by molar-refractivity contribution is 7.99. The number of thioether (sulfide) groups is 1. The van der Waals surface area contributed by atoms with E-state index in [9.17, 15) is 22.8 Å². The topological polar surface area (TPSA) is 58.2 Å². The molecule has 2 aliphatic rings. The van der Waals surface area contributed by atoms with Crippen LogP contribution in [0.2, 0.25) is 0 Å². The molecule has 25 heavy (non-hydrogen) atoms. The molecule has 1 aromatic rings. The van der Waals surface area contributed by atoms with Gasteiger partial charge in [0.05, 0.1) is 6.04 Å². The van der Waals surface area contributed by atoms with Crippen LogP contribution in [0, 0.1) is 12.8 Å². The summed E-state index contributed by atoms with van der Waals surface area (Å²) in [4.78, 5) is 25.5. The zero-order chi connectivity index (χ0) is 18.2. The van der Waals surface area contributed by atoms with E-state index < -0.39 is 30.0 Å². The Kier molecular flexibility index (Phi) is 4.99. The van der Waals surface area contributed by atoms with E-state index >= 15 is 0 Å². The van der Waals surface area contributed by atoms with Crippen LogP contribution in [0.3, 0.4) is 0 Å². The summed E-state index contributed by atoms with van der Waals surface area (Å²) in [7, 11) is 0. The van der Waals surface area contributed by atoms with Crippen molar-refractivity contribution < 1.29 is 22.8 Å². The molecule has 2 aliphatic heterocycles. The maximum atomic E-state index is 12.7. The van der Waals surface area contributed by atoms with Gasteiger partial charge in [0.15, 0.2) is 0 Å². The van der Waals surface area contributed by atoms with Gasteiger partial charge in [0.1, 0.15) is 12.0 Å². The Morgan fingerprint density at radius 3 is 2.72 bits per heavy atom. The largest absolute Gasteiger partial charge is 0.408 e. The number of hydrogen-bond donors (Lipinski definition) is 2. The number of amides is 2. The van der Waals surface area contributed by atoms with E-state index in [4.69, 9.17) is 0 Å². The van der Waals surface area contributed by atoms with Crippen molar-refractivity contribution in [1.82, 2.24) is 10.6 Å². The van der Waals surface area contributed by atoms with Crippen LogP contribution in [0.4, 0.5) is 13.2 Å². The number of piperidine rings is 1. The lowest BCUT2D eigenvalue weighted by atomic mass is 9.92. The van der Waals surface area contributed by atoms with E-state index in [0.29, 0.717) is 0 Å². The highest BCUT2D eigenvalue weighted by Gasteiger charge is 2.46. The molecule has 136 valence electrons. The molecule has 3 rings (SSSR count). The lowest BCUT2D eigenvalue weighted by Gasteiger charge is -2.32. The SMILES string of the molecule is Cc1ccc2c(c1)C(NC(=O)C1CCC(C(F)(F)F)NC1=O)CCS2. The Morgan fingerprint density at radius 1 is 1.28 bits per heavy atom. The van der Waals surface area contributed by atoms with E-state index in [1.165, 1.54) is 0 Å². The average molecular weight is 372 g/mol. The van der Waals surface area contributed by atoms with Gasteiger partial charge in [0, 0.05) is 10.6 Å². The van der Waals surface area contributed by atoms with Crippen LogP contribution in [0.25, 0.3) is 0 Å². The van der Waals surface area contributed by atoms with Crippen LogP contribution in [-0.2, 0) is 9.59 Å². The summed E-state index contributed by atoms with van der Waals surface area (Å²) in [5.74, 6) is -1.57. The highest BCUT2D eigenvalue weighted by Crippen LogP contribution is 2.37. The first-order chi connectivity index (χ1) is 11.8. The van der Waals surface area contributed by atoms with Gasteiger partial charge in [-0.3, -0.25) is 9.59 Å². The predicted molar refractivity (Wildman–Crippen MR) is 88.1 cm³/mol. The molecule has 0 aliphatic carbocycles. The molecule has 0 radical (unpaired) electrons. The summed E-state index contributed by atoms with van der Waals surface area (Å²) in [6.45, 7) is 1.96. The van der Waals surface area contributed by atoms with Crippen molar-refractivity contribution in [2.24, 2.45) is 5.92 Å². The van der Waals surface area contributed by atoms with Crippen molar-refractivity contribution in [3.8, 4) is 0 Å². The second kappa shape index (κ2) is 6.90. The first-order valence-corrected chi connectivity index (χ1v) is 9.15. The molecule has 0 saturated carbocycles. The number of rotatable bonds is 2. The van der Waals surface area contributed by atoms with Gasteiger partial charge >= 0.3 is 6.18 Å². The van der Waals surface area contributed by atoms with Crippen molar-refractivity contribution >= 4 is 23.6 Å². The number of carbonyl (C=O) groups excluding carboxylic acids is 2. The van der Waals surface area contributed by atoms with Crippen LogP contribution in [0.1, 0.15) is 36.4 Å². The summed E-state index contributed by atoms with van der Waals surface area (Å²) in [6.07, 6.45) is -4.12. The Balaban J connectivity index is 1.68. The number of fused-ring (bicyclic) bond motifs is 1. The minimum Gasteiger partial charge on any atom is -0.349 e. The van der Waals surface area contributed by atoms with Gasteiger partial charge in [-0.25, -0.2) is 0 Å². The fourth-order valence-electron chi connectivity index (χ4n) is 3.24. The molecule has 8 heteroatoms. The molecule has 3 atom stereocenters. The molecule has 1 fully saturated rings. The van der Waals surface area contributed by atoms with E-state index in [-0.39, 0.29) is 18.9 Å². The van der Waals surface area contributed by atoms with Gasteiger partial charge in [-0.15, -0.1) is 11.8 Å². The molecule has 2 N–H and O–H groups in total. The van der Waals surface area contributed by atoms with Crippen LogP contribution < -0.4 is 10.6 Å². The van der Waals surface area contributed by atoms with Gasteiger partial charge in [-0.1, -0.05) is 17.7 Å². The fraction of sp³-hybridized carbons (Fsp3) is 0.529. The molecule has 0 bridgehead atoms. The van der Waals surface area contributed by atoms with Crippen LogP contribution in [0.15, 0.2) is 23.1 Å². The number of benzene rings is 1. The molecule has 2 amide bonds. The number of alkyl halides is 3. The smallest absolute Gasteiger partial charge is 0.349 e. The average Bonchev–Trinajstić information content (AvgIpc) is 2.54. The number of nitrogens with one attached hydrogen (secondary N) is 2. The van der Waals surface area contributed by atoms with E-state index in [1.807, 2.05) is 30.4 Å². The summed E-state index contributed by atoms with van der Waals surface area (Å²) in [6, 6.07) is 3.94. The Bertz CT molecular complexity index is 693. The summed E-state index contributed by atoms with van der Waals surface area (Å²) in [5.41, 5.74) is 2.08. The first-order valence-electron chi connectivity index (χ1n) is 8.16. The summed E-state index contributed by atoms with van der Waals surface area (Å²) >= 11 is 1.71. The van der Waals surface area contributed by atoms with Crippen LogP contribution >= 0.6 is 11.8 Å². The number of halogens is 3. The third-order valence-electron chi connectivity index (χ3n) is 4.61. The number of aryl methyl sites for hydroxylation is 1. The molecule has 2 heterocycles. The molecule has 0 spiro atoms. The molecular formula is C17H19F3N2O2S. The fourth-order valence-corrected chi connectivity index (χ4v) is 4.35. The normalized spacial score (nSPS) is 26.6. The molecule has 4 nitrogen and oxygen atoms in total. The van der Waals surface area contributed by atoms with E-state index in [2.05, 4.69) is 5.32 Å². The predicted octanol–water partition coefficient (Wildman–Crippen LogP) is 3.11. The van der Waals surface area contributed by atoms with Crippen molar-refractivity contribution in [2.45, 2.75) is 49.3 Å². The summed E-state index contributed by atoms with van der Waals surface area (Å²) in [5, 5.41) is 4.79. The van der Waals surface area contributed by atoms with E-state index in [0.717, 1.165) is 28.2 Å². The van der Waals surface area contributed by atoms with Crippen molar-refractivity contribution in [3.05, 3.63) is 29.3 Å². The zero-order valence-electron chi connectivity index (χ0n) is 13.7. The Hall–Kier alpha value is -1.70. The van der Waals surface area contributed by atoms with Gasteiger partial charge in [-0.2, -0.15) is 13.2 Å². The highest BCUT2D eigenvalue weighted by atomic mass is 32.2. The standard InChI is InChI=1S/C17H19F3N2O2S/c1-9-2-4-13-11(8-9)12(6-7-25-13)21-15(23)10-3-5-14(17(18,19)20)22-16(10)24/h2,4,8,10,12,14H,3,5-7H2,1H3,(H,21,23)(H,22,24). The minimum absolute atomic E-state index is 0.0933. The third kappa shape index (κ3) is 3.94. The molecule has 3 unspecified atom stereocenters. The second-order valence-electron chi connectivity index (χ2n) is 6.47. The first kappa shape index (κ1) is 18.1. The van der Waals surface area contributed by atoms with Crippen LogP contribution in [0.5, 0.6) is 0 Å². The van der Waals surface area contributed by atoms with Crippen molar-refractivity contribution in [2.75, 3.05) is 5.75 Å². The van der Waals surface area contributed by atoms with Crippen LogP contribution in [-0.4, -0.2) is 29.8 Å². The van der Waals surface area contributed by atoms with Gasteiger partial charge in [-0.05, 0) is 37.8 Å². The lowest BCUT2D eigenvalue weighted by Crippen LogP contribution is -2.54. The lowest BCUT2D eigenvalue weighted by molar-refractivity contribution is -0.171. The maximum Gasteiger partial charge on any atom is 0.408 e. The molecule has 0 aromatic heterocycles. The third-order valence-corrected chi connectivity index (χ3v) is 5.73. The minimum atomic E-state index is -4.48. The van der Waals surface area contributed by atoms with Gasteiger partial charge in [0.2, 0.25) is 11.8 Å². The Morgan fingerprint density at radius 2 is 2.04 bits per heavy atom. The second-order valence-corrected chi connectivity index (χ2v) is 7.61. The maximum absolute atomic E-state index is 12.7. The number of carbonyl (C=O) groups is 2. The quantitative estimate of drug-likeness (QED) is 0.785. The molecule has 1 aromatic carbocycles. The van der Waals surface area contributed by atoms with E-state index in [1.54, 1.807) is 11.8 Å². The van der Waals surface area contributed by atoms with Gasteiger partial charge in [0.25, 0.3) is 0 Å². The Labute approximate surface area is 147 Å².